The Morgan fingerprint density at radius 2 is 0.879 bits per heavy atom. The Balaban J connectivity index is 1.74. The average Bonchev–Trinajstić information content (AvgIpc) is 2.86. The maximum absolute atomic E-state index is 13.7. The SMILES string of the molecule is NC(=O)[C@H](NC(=O)C(c1ccccc1)c1ccccc1)C(c1ccccc1)c1ccccc1. The first-order chi connectivity index (χ1) is 16.1. The van der Waals surface area contributed by atoms with Crippen LogP contribution in [0.4, 0.5) is 0 Å². The molecule has 0 radical (unpaired) electrons. The maximum atomic E-state index is 13.7. The molecule has 164 valence electrons. The van der Waals surface area contributed by atoms with Crippen LogP contribution in [0.3, 0.4) is 0 Å². The Kier molecular flexibility index (Phi) is 6.96. The summed E-state index contributed by atoms with van der Waals surface area (Å²) in [6.45, 7) is 0. The fraction of sp³-hybridized carbons (Fsp3) is 0.103. The summed E-state index contributed by atoms with van der Waals surface area (Å²) in [4.78, 5) is 26.4. The fourth-order valence-electron chi connectivity index (χ4n) is 4.24. The summed E-state index contributed by atoms with van der Waals surface area (Å²) >= 11 is 0. The Morgan fingerprint density at radius 1 is 0.545 bits per heavy atom. The highest BCUT2D eigenvalue weighted by Crippen LogP contribution is 2.30. The highest BCUT2D eigenvalue weighted by molar-refractivity contribution is 5.92. The number of hydrogen-bond donors (Lipinski definition) is 2. The summed E-state index contributed by atoms with van der Waals surface area (Å²) in [6.07, 6.45) is 0. The van der Waals surface area contributed by atoms with Crippen molar-refractivity contribution < 1.29 is 9.59 Å². The maximum Gasteiger partial charge on any atom is 0.240 e. The number of carbonyl (C=O) groups excluding carboxylic acids is 2. The van der Waals surface area contributed by atoms with Crippen molar-refractivity contribution in [2.75, 3.05) is 0 Å². The summed E-state index contributed by atoms with van der Waals surface area (Å²) < 4.78 is 0. The van der Waals surface area contributed by atoms with Gasteiger partial charge in [0.15, 0.2) is 0 Å². The molecular weight excluding hydrogens is 408 g/mol. The van der Waals surface area contributed by atoms with Crippen LogP contribution >= 0.6 is 0 Å². The van der Waals surface area contributed by atoms with Crippen LogP contribution in [-0.2, 0) is 9.59 Å². The zero-order valence-corrected chi connectivity index (χ0v) is 18.2. The molecule has 0 spiro atoms. The first-order valence-corrected chi connectivity index (χ1v) is 10.9. The zero-order chi connectivity index (χ0) is 23.0. The van der Waals surface area contributed by atoms with E-state index in [1.54, 1.807) is 0 Å². The molecule has 0 bridgehead atoms. The van der Waals surface area contributed by atoms with E-state index in [0.29, 0.717) is 0 Å². The second-order valence-electron chi connectivity index (χ2n) is 7.94. The summed E-state index contributed by atoms with van der Waals surface area (Å²) in [5.74, 6) is -1.84. The minimum atomic E-state index is -0.919. The van der Waals surface area contributed by atoms with Gasteiger partial charge in [-0.05, 0) is 22.3 Å². The first kappa shape index (κ1) is 22.0. The van der Waals surface area contributed by atoms with Gasteiger partial charge in [0.25, 0.3) is 0 Å². The third-order valence-electron chi connectivity index (χ3n) is 5.78. The van der Waals surface area contributed by atoms with Crippen LogP contribution in [0.2, 0.25) is 0 Å². The summed E-state index contributed by atoms with van der Waals surface area (Å²) in [5.41, 5.74) is 9.39. The molecule has 0 aliphatic heterocycles. The molecule has 0 aliphatic carbocycles. The number of nitrogens with one attached hydrogen (secondary N) is 1. The largest absolute Gasteiger partial charge is 0.368 e. The molecule has 33 heavy (non-hydrogen) atoms. The van der Waals surface area contributed by atoms with E-state index >= 15 is 0 Å². The number of hydrogen-bond acceptors (Lipinski definition) is 2. The molecule has 4 aromatic carbocycles. The zero-order valence-electron chi connectivity index (χ0n) is 18.2. The van der Waals surface area contributed by atoms with E-state index in [0.717, 1.165) is 22.3 Å². The summed E-state index contributed by atoms with van der Waals surface area (Å²) in [7, 11) is 0. The van der Waals surface area contributed by atoms with E-state index in [1.807, 2.05) is 121 Å². The molecule has 0 aliphatic rings. The molecule has 2 amide bonds. The van der Waals surface area contributed by atoms with Gasteiger partial charge in [-0.15, -0.1) is 0 Å². The van der Waals surface area contributed by atoms with Crippen LogP contribution in [0.25, 0.3) is 0 Å². The monoisotopic (exact) mass is 434 g/mol. The lowest BCUT2D eigenvalue weighted by molar-refractivity contribution is -0.128. The number of benzene rings is 4. The molecule has 0 aromatic heterocycles. The van der Waals surface area contributed by atoms with Gasteiger partial charge in [-0.2, -0.15) is 0 Å². The van der Waals surface area contributed by atoms with Crippen LogP contribution < -0.4 is 11.1 Å². The number of rotatable bonds is 8. The van der Waals surface area contributed by atoms with Gasteiger partial charge in [-0.25, -0.2) is 0 Å². The third kappa shape index (κ3) is 5.18. The van der Waals surface area contributed by atoms with Crippen molar-refractivity contribution in [3.05, 3.63) is 144 Å². The molecule has 1 atom stereocenters. The van der Waals surface area contributed by atoms with Crippen LogP contribution in [0.5, 0.6) is 0 Å². The Labute approximate surface area is 194 Å². The Hall–Kier alpha value is -4.18. The molecule has 0 fully saturated rings. The Morgan fingerprint density at radius 3 is 1.21 bits per heavy atom. The van der Waals surface area contributed by atoms with Crippen LogP contribution in [0, 0.1) is 0 Å². The van der Waals surface area contributed by atoms with Crippen molar-refractivity contribution in [2.45, 2.75) is 17.9 Å². The number of amides is 2. The van der Waals surface area contributed by atoms with E-state index in [4.69, 9.17) is 5.73 Å². The molecule has 0 unspecified atom stereocenters. The topological polar surface area (TPSA) is 72.2 Å². The molecule has 4 aromatic rings. The van der Waals surface area contributed by atoms with Crippen molar-refractivity contribution in [1.29, 1.82) is 0 Å². The van der Waals surface area contributed by atoms with E-state index in [2.05, 4.69) is 5.32 Å². The average molecular weight is 435 g/mol. The normalized spacial score (nSPS) is 11.8. The van der Waals surface area contributed by atoms with E-state index in [9.17, 15) is 9.59 Å². The molecule has 0 heterocycles. The van der Waals surface area contributed by atoms with Crippen molar-refractivity contribution in [2.24, 2.45) is 5.73 Å². The molecule has 0 saturated carbocycles. The van der Waals surface area contributed by atoms with Gasteiger partial charge in [-0.3, -0.25) is 9.59 Å². The molecule has 4 nitrogen and oxygen atoms in total. The van der Waals surface area contributed by atoms with Crippen molar-refractivity contribution in [1.82, 2.24) is 5.32 Å². The van der Waals surface area contributed by atoms with E-state index in [1.165, 1.54) is 0 Å². The van der Waals surface area contributed by atoms with Crippen LogP contribution in [0.1, 0.15) is 34.1 Å². The highest BCUT2D eigenvalue weighted by Gasteiger charge is 2.33. The van der Waals surface area contributed by atoms with Gasteiger partial charge in [0.2, 0.25) is 11.8 Å². The van der Waals surface area contributed by atoms with Gasteiger partial charge in [0.1, 0.15) is 6.04 Å². The number of nitrogens with two attached hydrogens (primary N) is 1. The standard InChI is InChI=1S/C29H26N2O2/c30-28(32)27(25(21-13-5-1-6-14-21)22-15-7-2-8-16-22)31-29(33)26(23-17-9-3-10-18-23)24-19-11-4-12-20-24/h1-20,25-27H,(H2,30,32)(H,31,33)/t27-/m1/s1. The van der Waals surface area contributed by atoms with Crippen LogP contribution in [0.15, 0.2) is 121 Å². The lowest BCUT2D eigenvalue weighted by Gasteiger charge is -2.28. The molecular formula is C29H26N2O2. The smallest absolute Gasteiger partial charge is 0.240 e. The molecule has 4 heteroatoms. The van der Waals surface area contributed by atoms with E-state index < -0.39 is 23.8 Å². The van der Waals surface area contributed by atoms with Crippen molar-refractivity contribution in [3.63, 3.8) is 0 Å². The lowest BCUT2D eigenvalue weighted by atomic mass is 9.83. The van der Waals surface area contributed by atoms with Gasteiger partial charge >= 0.3 is 0 Å². The van der Waals surface area contributed by atoms with Crippen molar-refractivity contribution in [3.8, 4) is 0 Å². The minimum absolute atomic E-state index is 0.270. The highest BCUT2D eigenvalue weighted by atomic mass is 16.2. The predicted octanol–water partition coefficient (Wildman–Crippen LogP) is 4.62. The molecule has 3 N–H and O–H groups in total. The predicted molar refractivity (Wildman–Crippen MR) is 131 cm³/mol. The second-order valence-corrected chi connectivity index (χ2v) is 7.94. The molecule has 4 rings (SSSR count). The lowest BCUT2D eigenvalue weighted by Crippen LogP contribution is -2.50. The number of primary amides is 1. The van der Waals surface area contributed by atoms with Gasteiger partial charge < -0.3 is 11.1 Å². The third-order valence-corrected chi connectivity index (χ3v) is 5.78. The fourth-order valence-corrected chi connectivity index (χ4v) is 4.24. The van der Waals surface area contributed by atoms with Crippen molar-refractivity contribution >= 4 is 11.8 Å². The summed E-state index contributed by atoms with van der Waals surface area (Å²) in [5, 5.41) is 3.00. The van der Waals surface area contributed by atoms with Gasteiger partial charge in [-0.1, -0.05) is 121 Å². The minimum Gasteiger partial charge on any atom is -0.368 e. The molecule has 0 saturated heterocycles. The second kappa shape index (κ2) is 10.4. The Bertz CT molecular complexity index is 1100. The van der Waals surface area contributed by atoms with Gasteiger partial charge in [0, 0.05) is 5.92 Å². The van der Waals surface area contributed by atoms with Gasteiger partial charge in [0.05, 0.1) is 5.92 Å². The quantitative estimate of drug-likeness (QED) is 0.425. The first-order valence-electron chi connectivity index (χ1n) is 10.9. The summed E-state index contributed by atoms with van der Waals surface area (Å²) in [6, 6.07) is 37.5. The van der Waals surface area contributed by atoms with E-state index in [-0.39, 0.29) is 5.91 Å². The number of carbonyl (C=O) groups is 2. The van der Waals surface area contributed by atoms with Crippen LogP contribution in [-0.4, -0.2) is 17.9 Å².